The van der Waals surface area contributed by atoms with Crippen LogP contribution in [0.25, 0.3) is 5.57 Å². The predicted octanol–water partition coefficient (Wildman–Crippen LogP) is 5.49. The molecule has 0 aliphatic carbocycles. The number of hydrogen-bond donors (Lipinski definition) is 1. The van der Waals surface area contributed by atoms with E-state index in [0.717, 1.165) is 16.7 Å². The zero-order valence-corrected chi connectivity index (χ0v) is 17.8. The van der Waals surface area contributed by atoms with Gasteiger partial charge in [-0.25, -0.2) is 4.39 Å². The first kappa shape index (κ1) is 20.8. The molecule has 0 aromatic heterocycles. The van der Waals surface area contributed by atoms with Crippen molar-refractivity contribution in [1.29, 1.82) is 0 Å². The van der Waals surface area contributed by atoms with E-state index in [9.17, 15) is 14.0 Å². The Morgan fingerprint density at radius 2 is 1.58 bits per heavy atom. The third kappa shape index (κ3) is 4.23. The molecule has 0 atom stereocenters. The van der Waals surface area contributed by atoms with E-state index >= 15 is 0 Å². The minimum atomic E-state index is -0.431. The molecule has 1 N–H and O–H groups in total. The van der Waals surface area contributed by atoms with Crippen LogP contribution in [0.1, 0.15) is 22.3 Å². The number of halogens is 2. The monoisotopic (exact) mass is 434 g/mol. The first-order valence-electron chi connectivity index (χ1n) is 9.78. The topological polar surface area (TPSA) is 49.4 Å². The van der Waals surface area contributed by atoms with Crippen molar-refractivity contribution < 1.29 is 14.0 Å². The normalized spacial score (nSPS) is 13.9. The van der Waals surface area contributed by atoms with E-state index in [1.54, 1.807) is 24.3 Å². The van der Waals surface area contributed by atoms with Crippen molar-refractivity contribution in [3.05, 3.63) is 106 Å². The zero-order valence-electron chi connectivity index (χ0n) is 17.1. The van der Waals surface area contributed by atoms with E-state index in [4.69, 9.17) is 11.6 Å². The molecule has 6 heteroatoms. The average Bonchev–Trinajstić information content (AvgIpc) is 2.96. The lowest BCUT2D eigenvalue weighted by Crippen LogP contribution is -2.32. The first-order chi connectivity index (χ1) is 14.8. The smallest absolute Gasteiger partial charge is 0.278 e. The molecule has 1 aliphatic heterocycles. The van der Waals surface area contributed by atoms with E-state index in [1.165, 1.54) is 29.2 Å². The van der Waals surface area contributed by atoms with Gasteiger partial charge in [-0.1, -0.05) is 47.5 Å². The van der Waals surface area contributed by atoms with Crippen LogP contribution in [0.2, 0.25) is 5.02 Å². The van der Waals surface area contributed by atoms with Crippen LogP contribution in [0.4, 0.5) is 10.1 Å². The Kier molecular flexibility index (Phi) is 5.61. The largest absolute Gasteiger partial charge is 0.350 e. The molecule has 1 aliphatic rings. The van der Waals surface area contributed by atoms with Crippen molar-refractivity contribution >= 4 is 34.7 Å². The van der Waals surface area contributed by atoms with Gasteiger partial charge in [-0.05, 0) is 66.9 Å². The maximum Gasteiger partial charge on any atom is 0.278 e. The van der Waals surface area contributed by atoms with E-state index in [2.05, 4.69) is 5.32 Å². The molecule has 0 spiro atoms. The lowest BCUT2D eigenvalue weighted by molar-refractivity contribution is -0.137. The van der Waals surface area contributed by atoms with Gasteiger partial charge in [0.1, 0.15) is 11.5 Å². The van der Waals surface area contributed by atoms with Crippen molar-refractivity contribution in [3.63, 3.8) is 0 Å². The Morgan fingerprint density at radius 1 is 0.903 bits per heavy atom. The van der Waals surface area contributed by atoms with Crippen LogP contribution in [0.15, 0.2) is 72.4 Å². The van der Waals surface area contributed by atoms with Gasteiger partial charge in [-0.2, -0.15) is 0 Å². The predicted molar refractivity (Wildman–Crippen MR) is 120 cm³/mol. The number of amides is 2. The standard InChI is InChI=1S/C25H20ClFN2O2/c1-15-3-12-21(16(2)13-15)22-23(28-20-10-8-19(27)9-11-20)25(31)29(24(22)30)14-17-4-6-18(26)7-5-17/h3-13,28H,14H2,1-2H3. The molecule has 31 heavy (non-hydrogen) atoms. The second-order valence-electron chi connectivity index (χ2n) is 7.52. The van der Waals surface area contributed by atoms with Gasteiger partial charge in [-0.15, -0.1) is 0 Å². The third-order valence-electron chi connectivity index (χ3n) is 5.19. The van der Waals surface area contributed by atoms with Crippen LogP contribution in [-0.4, -0.2) is 16.7 Å². The summed E-state index contributed by atoms with van der Waals surface area (Å²) in [4.78, 5) is 27.9. The highest BCUT2D eigenvalue weighted by Crippen LogP contribution is 2.33. The summed E-state index contributed by atoms with van der Waals surface area (Å²) in [5.41, 5.74) is 4.43. The molecule has 1 heterocycles. The fourth-order valence-corrected chi connectivity index (χ4v) is 3.76. The van der Waals surface area contributed by atoms with Crippen molar-refractivity contribution in [2.45, 2.75) is 20.4 Å². The maximum atomic E-state index is 13.4. The third-order valence-corrected chi connectivity index (χ3v) is 5.44. The molecule has 0 unspecified atom stereocenters. The van der Waals surface area contributed by atoms with Gasteiger partial charge in [0.05, 0.1) is 12.1 Å². The number of nitrogens with zero attached hydrogens (tertiary/aromatic N) is 1. The van der Waals surface area contributed by atoms with Gasteiger partial charge in [0.25, 0.3) is 11.8 Å². The lowest BCUT2D eigenvalue weighted by Gasteiger charge is -2.16. The second-order valence-corrected chi connectivity index (χ2v) is 7.96. The minimum Gasteiger partial charge on any atom is -0.350 e. The van der Waals surface area contributed by atoms with Crippen molar-refractivity contribution in [3.8, 4) is 0 Å². The number of rotatable bonds is 5. The molecule has 3 aromatic carbocycles. The summed E-state index contributed by atoms with van der Waals surface area (Å²) < 4.78 is 13.3. The number of carbonyl (C=O) groups excluding carboxylic acids is 2. The van der Waals surface area contributed by atoms with Crippen LogP contribution >= 0.6 is 11.6 Å². The summed E-state index contributed by atoms with van der Waals surface area (Å²) >= 11 is 5.95. The van der Waals surface area contributed by atoms with Gasteiger partial charge in [0.2, 0.25) is 0 Å². The summed E-state index contributed by atoms with van der Waals surface area (Å²) in [7, 11) is 0. The SMILES string of the molecule is Cc1ccc(C2=C(Nc3ccc(F)cc3)C(=O)N(Cc3ccc(Cl)cc3)C2=O)c(C)c1. The number of hydrogen-bond acceptors (Lipinski definition) is 3. The highest BCUT2D eigenvalue weighted by molar-refractivity contribution is 6.36. The summed E-state index contributed by atoms with van der Waals surface area (Å²) in [6, 6.07) is 18.4. The molecular weight excluding hydrogens is 415 g/mol. The maximum absolute atomic E-state index is 13.4. The van der Waals surface area contributed by atoms with Crippen molar-refractivity contribution in [2.24, 2.45) is 0 Å². The molecular formula is C25H20ClFN2O2. The van der Waals surface area contributed by atoms with Crippen LogP contribution in [0.5, 0.6) is 0 Å². The average molecular weight is 435 g/mol. The van der Waals surface area contributed by atoms with E-state index in [-0.39, 0.29) is 24.0 Å². The molecule has 156 valence electrons. The van der Waals surface area contributed by atoms with E-state index in [1.807, 2.05) is 32.0 Å². The molecule has 4 rings (SSSR count). The summed E-state index contributed by atoms with van der Waals surface area (Å²) in [6.07, 6.45) is 0. The number of nitrogens with one attached hydrogen (secondary N) is 1. The fraction of sp³-hybridized carbons (Fsp3) is 0.120. The molecule has 0 saturated carbocycles. The lowest BCUT2D eigenvalue weighted by atomic mass is 9.97. The fourth-order valence-electron chi connectivity index (χ4n) is 3.63. The van der Waals surface area contributed by atoms with E-state index < -0.39 is 5.91 Å². The highest BCUT2D eigenvalue weighted by Gasteiger charge is 2.39. The molecule has 0 radical (unpaired) electrons. The number of anilines is 1. The van der Waals surface area contributed by atoms with Gasteiger partial charge >= 0.3 is 0 Å². The quantitative estimate of drug-likeness (QED) is 0.540. The van der Waals surface area contributed by atoms with Gasteiger partial charge in [0.15, 0.2) is 0 Å². The molecule has 2 amide bonds. The van der Waals surface area contributed by atoms with Gasteiger partial charge in [-0.3, -0.25) is 14.5 Å². The van der Waals surface area contributed by atoms with Crippen molar-refractivity contribution in [2.75, 3.05) is 5.32 Å². The Bertz CT molecular complexity index is 1200. The number of imide groups is 1. The van der Waals surface area contributed by atoms with Gasteiger partial charge < -0.3 is 5.32 Å². The molecule has 4 nitrogen and oxygen atoms in total. The highest BCUT2D eigenvalue weighted by atomic mass is 35.5. The second kappa shape index (κ2) is 8.36. The molecule has 0 bridgehead atoms. The number of carbonyl (C=O) groups is 2. The molecule has 3 aromatic rings. The number of benzene rings is 3. The van der Waals surface area contributed by atoms with Crippen LogP contribution in [0, 0.1) is 19.7 Å². The van der Waals surface area contributed by atoms with Crippen LogP contribution in [0.3, 0.4) is 0 Å². The molecule has 0 saturated heterocycles. The summed E-state index contributed by atoms with van der Waals surface area (Å²) in [5.74, 6) is -1.19. The molecule has 0 fully saturated rings. The Labute approximate surface area is 185 Å². The van der Waals surface area contributed by atoms with E-state index in [0.29, 0.717) is 21.8 Å². The van der Waals surface area contributed by atoms with Crippen LogP contribution < -0.4 is 5.32 Å². The van der Waals surface area contributed by atoms with Crippen LogP contribution in [-0.2, 0) is 16.1 Å². The minimum absolute atomic E-state index is 0.123. The Balaban J connectivity index is 1.76. The summed E-state index contributed by atoms with van der Waals surface area (Å²) in [5, 5.41) is 3.62. The summed E-state index contributed by atoms with van der Waals surface area (Å²) in [6.45, 7) is 4.00. The van der Waals surface area contributed by atoms with Gasteiger partial charge in [0, 0.05) is 10.7 Å². The van der Waals surface area contributed by atoms with Crippen molar-refractivity contribution in [1.82, 2.24) is 4.90 Å². The first-order valence-corrected chi connectivity index (χ1v) is 10.2. The Morgan fingerprint density at radius 3 is 2.23 bits per heavy atom. The Hall–Kier alpha value is -3.44. The number of aryl methyl sites for hydroxylation is 2. The zero-order chi connectivity index (χ0) is 22.1.